The van der Waals surface area contributed by atoms with E-state index in [1.54, 1.807) is 36.4 Å². The Morgan fingerprint density at radius 3 is 2.35 bits per heavy atom. The molecule has 1 unspecified atom stereocenters. The zero-order valence-electron chi connectivity index (χ0n) is 22.6. The zero-order valence-corrected chi connectivity index (χ0v) is 24.8. The fourth-order valence-electron chi connectivity index (χ4n) is 2.89. The highest BCUT2D eigenvalue weighted by Gasteiger charge is 2.57. The van der Waals surface area contributed by atoms with Gasteiger partial charge in [0.05, 0.1) is 23.5 Å². The molecule has 0 fully saturated rings. The van der Waals surface area contributed by atoms with Crippen LogP contribution in [0.15, 0.2) is 82.5 Å². The molecule has 0 radical (unpaired) electrons. The average molecular weight is 621 g/mol. The number of oxime groups is 1. The number of methoxy groups -OCH3 is 1. The first kappa shape index (κ1) is 34.9. The third-order valence-corrected chi connectivity index (χ3v) is 5.80. The van der Waals surface area contributed by atoms with E-state index in [9.17, 15) is 18.0 Å². The van der Waals surface area contributed by atoms with Crippen molar-refractivity contribution in [3.63, 3.8) is 0 Å². The minimum Gasteiger partial charge on any atom is -0.497 e. The summed E-state index contributed by atoms with van der Waals surface area (Å²) in [5.41, 5.74) is 5.36. The molecule has 1 heterocycles. The molecule has 12 heteroatoms. The number of nitrogens with one attached hydrogen (secondary N) is 2. The van der Waals surface area contributed by atoms with Gasteiger partial charge in [0, 0.05) is 28.1 Å². The van der Waals surface area contributed by atoms with Gasteiger partial charge in [-0.05, 0) is 62.4 Å². The van der Waals surface area contributed by atoms with E-state index < -0.39 is 24.1 Å². The number of rotatable bonds is 7. The molecule has 1 atom stereocenters. The number of allylic oxidation sites excluding steroid dienone is 5. The maximum absolute atomic E-state index is 13.1. The van der Waals surface area contributed by atoms with Crippen molar-refractivity contribution in [3.05, 3.63) is 93.5 Å². The average Bonchev–Trinajstić information content (AvgIpc) is 3.36. The lowest BCUT2D eigenvalue weighted by Gasteiger charge is -2.24. The molecule has 218 valence electrons. The highest BCUT2D eigenvalue weighted by molar-refractivity contribution is 6.33. The van der Waals surface area contributed by atoms with Gasteiger partial charge in [0.2, 0.25) is 5.60 Å². The number of nitrogens with zero attached hydrogens (tertiary/aromatic N) is 1. The molecule has 3 rings (SSSR count). The van der Waals surface area contributed by atoms with Crippen LogP contribution in [-0.4, -0.2) is 30.5 Å². The predicted octanol–water partition coefficient (Wildman–Crippen LogP) is 9.01. The molecule has 0 spiro atoms. The quantitative estimate of drug-likeness (QED) is 0.239. The second-order valence-electron chi connectivity index (χ2n) is 7.91. The van der Waals surface area contributed by atoms with E-state index in [0.717, 1.165) is 6.92 Å². The third-order valence-electron chi connectivity index (χ3n) is 5.09. The largest absolute Gasteiger partial charge is 0.497 e. The first-order valence-electron chi connectivity index (χ1n) is 12.0. The number of alkyl halides is 3. The Morgan fingerprint density at radius 2 is 1.82 bits per heavy atom. The van der Waals surface area contributed by atoms with Crippen LogP contribution in [0.1, 0.15) is 50.0 Å². The van der Waals surface area contributed by atoms with Crippen LogP contribution in [0, 0.1) is 0 Å². The van der Waals surface area contributed by atoms with Gasteiger partial charge < -0.3 is 9.57 Å². The van der Waals surface area contributed by atoms with Crippen molar-refractivity contribution < 1.29 is 27.5 Å². The van der Waals surface area contributed by atoms with Gasteiger partial charge in [0.1, 0.15) is 5.75 Å². The van der Waals surface area contributed by atoms with Crippen LogP contribution >= 0.6 is 34.8 Å². The number of amides is 1. The lowest BCUT2D eigenvalue weighted by atomic mass is 9.95. The normalized spacial score (nSPS) is 16.8. The highest BCUT2D eigenvalue weighted by atomic mass is 35.5. The summed E-state index contributed by atoms with van der Waals surface area (Å²) >= 11 is 17.0. The predicted molar refractivity (Wildman–Crippen MR) is 157 cm³/mol. The van der Waals surface area contributed by atoms with Gasteiger partial charge in [0.25, 0.3) is 5.91 Å². The summed E-state index contributed by atoms with van der Waals surface area (Å²) in [6.07, 6.45) is 2.13. The number of carbonyl (C=O) groups is 1. The second-order valence-corrected chi connectivity index (χ2v) is 9.00. The van der Waals surface area contributed by atoms with Crippen molar-refractivity contribution in [1.29, 1.82) is 0 Å². The molecule has 2 aromatic carbocycles. The first-order chi connectivity index (χ1) is 18.9. The van der Waals surface area contributed by atoms with Gasteiger partial charge >= 0.3 is 6.18 Å². The SMILES string of the molecule is CC.COc1ccc(C(=O)NNc2cc(C3=NOC(C)(C(F)(F)F)C3)ccc2Cl)cc1.C\C=C/C=C(Cl)\C=C\Cl. The first-order valence-corrected chi connectivity index (χ1v) is 13.2. The second kappa shape index (κ2) is 16.8. The van der Waals surface area contributed by atoms with Crippen LogP contribution in [-0.2, 0) is 4.84 Å². The Hall–Kier alpha value is -3.14. The van der Waals surface area contributed by atoms with Gasteiger partial charge in [-0.1, -0.05) is 72.0 Å². The Balaban J connectivity index is 0.000000621. The molecule has 1 amide bonds. The molecule has 0 saturated carbocycles. The molecule has 2 aromatic rings. The van der Waals surface area contributed by atoms with Gasteiger partial charge in [-0.25, -0.2) is 0 Å². The van der Waals surface area contributed by atoms with Crippen LogP contribution in [0.25, 0.3) is 0 Å². The molecular formula is C28H31Cl3F3N3O3. The van der Waals surface area contributed by atoms with Gasteiger partial charge in [-0.3, -0.25) is 15.6 Å². The van der Waals surface area contributed by atoms with Crippen LogP contribution in [0.5, 0.6) is 5.75 Å². The Morgan fingerprint density at radius 1 is 1.18 bits per heavy atom. The molecular weight excluding hydrogens is 590 g/mol. The third kappa shape index (κ3) is 10.4. The Labute approximate surface area is 247 Å². The van der Waals surface area contributed by atoms with Crippen LogP contribution in [0.4, 0.5) is 18.9 Å². The molecule has 0 saturated heterocycles. The molecule has 2 N–H and O–H groups in total. The molecule has 0 bridgehead atoms. The minimum absolute atomic E-state index is 0.131. The number of benzene rings is 2. The summed E-state index contributed by atoms with van der Waals surface area (Å²) in [5.74, 6) is 0.177. The maximum atomic E-state index is 13.1. The van der Waals surface area contributed by atoms with Crippen molar-refractivity contribution in [2.75, 3.05) is 12.5 Å². The number of halogens is 6. The van der Waals surface area contributed by atoms with E-state index in [-0.39, 0.29) is 10.7 Å². The molecule has 0 aliphatic carbocycles. The molecule has 40 heavy (non-hydrogen) atoms. The fourth-order valence-corrected chi connectivity index (χ4v) is 3.39. The van der Waals surface area contributed by atoms with Crippen LogP contribution in [0.3, 0.4) is 0 Å². The standard InChI is InChI=1S/C19H17ClF3N3O3.C7H8Cl2.C2H6/c1-18(19(21,22)23)10-16(26-29-18)12-5-8-14(20)15(9-12)24-25-17(27)11-3-6-13(28-2)7-4-11;1-2-3-4-7(9)5-6-8;1-2/h3-9,24H,10H2,1-2H3,(H,25,27);2-6H,1H3;1-2H3/b;3-2-,6-5+,7-4+;. The molecule has 6 nitrogen and oxygen atoms in total. The van der Waals surface area contributed by atoms with Crippen molar-refractivity contribution in [2.24, 2.45) is 5.16 Å². The summed E-state index contributed by atoms with van der Waals surface area (Å²) < 4.78 is 44.4. The molecule has 1 aliphatic heterocycles. The maximum Gasteiger partial charge on any atom is 0.431 e. The molecule has 1 aliphatic rings. The monoisotopic (exact) mass is 619 g/mol. The number of hydrogen-bond acceptors (Lipinski definition) is 5. The van der Waals surface area contributed by atoms with E-state index in [2.05, 4.69) is 20.8 Å². The summed E-state index contributed by atoms with van der Waals surface area (Å²) in [5, 5.41) is 4.48. The van der Waals surface area contributed by atoms with Gasteiger partial charge in [-0.15, -0.1) is 0 Å². The molecule has 0 aromatic heterocycles. The van der Waals surface area contributed by atoms with E-state index in [0.29, 0.717) is 27.6 Å². The number of hydrazine groups is 1. The van der Waals surface area contributed by atoms with Crippen molar-refractivity contribution >= 4 is 52.1 Å². The van der Waals surface area contributed by atoms with Crippen LogP contribution in [0.2, 0.25) is 5.02 Å². The van der Waals surface area contributed by atoms with E-state index in [1.807, 2.05) is 32.9 Å². The summed E-state index contributed by atoms with van der Waals surface area (Å²) in [6.45, 7) is 6.86. The van der Waals surface area contributed by atoms with E-state index in [4.69, 9.17) is 39.5 Å². The fraction of sp³-hybridized carbons (Fsp3) is 0.286. The van der Waals surface area contributed by atoms with Crippen molar-refractivity contribution in [2.45, 2.75) is 45.9 Å². The van der Waals surface area contributed by atoms with Gasteiger partial charge in [-0.2, -0.15) is 13.2 Å². The number of ether oxygens (including phenoxy) is 1. The lowest BCUT2D eigenvalue weighted by molar-refractivity contribution is -0.261. The summed E-state index contributed by atoms with van der Waals surface area (Å²) in [4.78, 5) is 16.9. The van der Waals surface area contributed by atoms with Gasteiger partial charge in [0.15, 0.2) is 0 Å². The number of anilines is 1. The summed E-state index contributed by atoms with van der Waals surface area (Å²) in [6, 6.07) is 10.9. The van der Waals surface area contributed by atoms with Crippen LogP contribution < -0.4 is 15.6 Å². The minimum atomic E-state index is -4.56. The van der Waals surface area contributed by atoms with E-state index in [1.165, 1.54) is 30.8 Å². The topological polar surface area (TPSA) is 72.0 Å². The summed E-state index contributed by atoms with van der Waals surface area (Å²) in [7, 11) is 1.52. The number of carbonyl (C=O) groups excluding carboxylic acids is 1. The Kier molecular flexibility index (Phi) is 14.7. The highest BCUT2D eigenvalue weighted by Crippen LogP contribution is 2.41. The van der Waals surface area contributed by atoms with E-state index >= 15 is 0 Å². The van der Waals surface area contributed by atoms with Crippen molar-refractivity contribution in [1.82, 2.24) is 5.43 Å². The zero-order chi connectivity index (χ0) is 30.3. The Bertz CT molecular complexity index is 1230. The smallest absolute Gasteiger partial charge is 0.431 e. The number of hydrogen-bond donors (Lipinski definition) is 2. The lowest BCUT2D eigenvalue weighted by Crippen LogP contribution is -2.42. The van der Waals surface area contributed by atoms with Crippen molar-refractivity contribution in [3.8, 4) is 5.75 Å².